The van der Waals surface area contributed by atoms with Gasteiger partial charge in [0, 0.05) is 10.0 Å². The fourth-order valence-corrected chi connectivity index (χ4v) is 2.69. The van der Waals surface area contributed by atoms with E-state index in [1.54, 1.807) is 18.2 Å². The van der Waals surface area contributed by atoms with E-state index in [0.717, 1.165) is 5.56 Å². The maximum Gasteiger partial charge on any atom is 0.341 e. The van der Waals surface area contributed by atoms with Crippen LogP contribution in [-0.4, -0.2) is 23.6 Å². The number of nitrogens with one attached hydrogen (secondary N) is 1. The summed E-state index contributed by atoms with van der Waals surface area (Å²) >= 11 is 3.31. The summed E-state index contributed by atoms with van der Waals surface area (Å²) in [5.41, 5.74) is 1.22. The van der Waals surface area contributed by atoms with Crippen LogP contribution in [0.4, 0.5) is 0 Å². The molecule has 0 bridgehead atoms. The van der Waals surface area contributed by atoms with Crippen LogP contribution >= 0.6 is 15.9 Å². The van der Waals surface area contributed by atoms with Gasteiger partial charge in [-0.3, -0.25) is 4.79 Å². The number of nitrogens with zero attached hydrogens (tertiary/aromatic N) is 1. The summed E-state index contributed by atoms with van der Waals surface area (Å²) < 4.78 is 5.92. The molecule has 0 saturated carbocycles. The van der Waals surface area contributed by atoms with Crippen molar-refractivity contribution < 1.29 is 19.4 Å². The Labute approximate surface area is 165 Å². The van der Waals surface area contributed by atoms with Crippen LogP contribution in [0.1, 0.15) is 24.1 Å². The number of rotatable bonds is 7. The molecule has 0 saturated heterocycles. The minimum atomic E-state index is -1.12. The molecule has 2 aromatic rings. The number of aliphatic carboxylic acids is 1. The van der Waals surface area contributed by atoms with E-state index in [2.05, 4.69) is 21.2 Å². The van der Waals surface area contributed by atoms with Gasteiger partial charge >= 0.3 is 5.97 Å². The summed E-state index contributed by atoms with van der Waals surface area (Å²) in [4.78, 5) is 23.2. The molecule has 2 aromatic carbocycles. The van der Waals surface area contributed by atoms with Crippen LogP contribution in [0, 0.1) is 11.3 Å². The fraction of sp³-hybridized carbons (Fsp3) is 0.150. The Balaban J connectivity index is 2.24. The highest BCUT2D eigenvalue weighted by atomic mass is 79.9. The minimum Gasteiger partial charge on any atom is -0.481 e. The lowest BCUT2D eigenvalue weighted by atomic mass is 10.1. The summed E-state index contributed by atoms with van der Waals surface area (Å²) in [7, 11) is 0. The number of nitriles is 1. The smallest absolute Gasteiger partial charge is 0.341 e. The summed E-state index contributed by atoms with van der Waals surface area (Å²) in [5.74, 6) is -1.39. The maximum absolute atomic E-state index is 12.5. The van der Waals surface area contributed by atoms with Crippen molar-refractivity contribution in [1.82, 2.24) is 5.32 Å². The van der Waals surface area contributed by atoms with E-state index in [1.807, 2.05) is 43.3 Å². The summed E-state index contributed by atoms with van der Waals surface area (Å²) in [5, 5.41) is 20.9. The van der Waals surface area contributed by atoms with Gasteiger partial charge in [0.1, 0.15) is 17.4 Å². The molecular formula is C20H17BrN2O4. The Hall–Kier alpha value is -3.11. The third-order valence-electron chi connectivity index (χ3n) is 3.64. The number of hydrogen-bond acceptors (Lipinski definition) is 4. The summed E-state index contributed by atoms with van der Waals surface area (Å²) in [6.07, 6.45) is 1.37. The van der Waals surface area contributed by atoms with Crippen molar-refractivity contribution >= 4 is 33.9 Å². The molecule has 1 atom stereocenters. The third kappa shape index (κ3) is 5.97. The molecule has 6 nitrogen and oxygen atoms in total. The topological polar surface area (TPSA) is 99.4 Å². The molecule has 7 heteroatoms. The lowest BCUT2D eigenvalue weighted by Gasteiger charge is -2.14. The Bertz CT molecular complexity index is 904. The SMILES string of the molecule is C[C@@H](NC(=O)/C(C#N)=C\c1cc(Br)ccc1OCC(=O)O)c1ccccc1. The molecule has 0 aliphatic rings. The van der Waals surface area contributed by atoms with Gasteiger partial charge in [-0.1, -0.05) is 46.3 Å². The van der Waals surface area contributed by atoms with Crippen LogP contribution in [-0.2, 0) is 9.59 Å². The molecule has 0 unspecified atom stereocenters. The van der Waals surface area contributed by atoms with E-state index in [9.17, 15) is 14.9 Å². The second kappa shape index (κ2) is 9.55. The van der Waals surface area contributed by atoms with Crippen molar-refractivity contribution in [1.29, 1.82) is 5.26 Å². The first-order chi connectivity index (χ1) is 12.9. The Morgan fingerprint density at radius 2 is 2.00 bits per heavy atom. The molecule has 138 valence electrons. The van der Waals surface area contributed by atoms with E-state index in [0.29, 0.717) is 10.0 Å². The molecule has 0 fully saturated rings. The van der Waals surface area contributed by atoms with Crippen LogP contribution < -0.4 is 10.1 Å². The zero-order valence-electron chi connectivity index (χ0n) is 14.5. The van der Waals surface area contributed by atoms with Crippen LogP contribution in [0.2, 0.25) is 0 Å². The molecule has 0 aliphatic carbocycles. The first-order valence-corrected chi connectivity index (χ1v) is 8.81. The number of halogens is 1. The van der Waals surface area contributed by atoms with Gasteiger partial charge in [-0.25, -0.2) is 4.79 Å². The molecule has 0 heterocycles. The van der Waals surface area contributed by atoms with E-state index < -0.39 is 18.5 Å². The molecule has 2 N–H and O–H groups in total. The monoisotopic (exact) mass is 428 g/mol. The highest BCUT2D eigenvalue weighted by Crippen LogP contribution is 2.26. The number of amides is 1. The quantitative estimate of drug-likeness (QED) is 0.517. The first-order valence-electron chi connectivity index (χ1n) is 8.02. The molecule has 27 heavy (non-hydrogen) atoms. The van der Waals surface area contributed by atoms with Gasteiger partial charge in [0.05, 0.1) is 6.04 Å². The van der Waals surface area contributed by atoms with Gasteiger partial charge in [-0.2, -0.15) is 5.26 Å². The average molecular weight is 429 g/mol. The van der Waals surface area contributed by atoms with Gasteiger partial charge < -0.3 is 15.2 Å². The van der Waals surface area contributed by atoms with Crippen molar-refractivity contribution in [2.45, 2.75) is 13.0 Å². The van der Waals surface area contributed by atoms with Crippen LogP contribution in [0.25, 0.3) is 6.08 Å². The van der Waals surface area contributed by atoms with E-state index >= 15 is 0 Å². The summed E-state index contributed by atoms with van der Waals surface area (Å²) in [6.45, 7) is 1.30. The van der Waals surface area contributed by atoms with Gasteiger partial charge in [0.15, 0.2) is 6.61 Å². The fourth-order valence-electron chi connectivity index (χ4n) is 2.31. The molecule has 0 radical (unpaired) electrons. The van der Waals surface area contributed by atoms with Crippen LogP contribution in [0.3, 0.4) is 0 Å². The zero-order valence-corrected chi connectivity index (χ0v) is 16.1. The minimum absolute atomic E-state index is 0.115. The third-order valence-corrected chi connectivity index (χ3v) is 4.13. The molecular weight excluding hydrogens is 412 g/mol. The molecule has 0 aliphatic heterocycles. The average Bonchev–Trinajstić information content (AvgIpc) is 2.65. The largest absolute Gasteiger partial charge is 0.481 e. The predicted octanol–water partition coefficient (Wildman–Crippen LogP) is 3.70. The van der Waals surface area contributed by atoms with Crippen LogP contribution in [0.15, 0.2) is 58.6 Å². The van der Waals surface area contributed by atoms with Crippen LogP contribution in [0.5, 0.6) is 5.75 Å². The van der Waals surface area contributed by atoms with Gasteiger partial charge in [-0.05, 0) is 36.8 Å². The number of carboxylic acid groups (broad SMARTS) is 1. The predicted molar refractivity (Wildman–Crippen MR) is 104 cm³/mol. The number of carbonyl (C=O) groups is 2. The van der Waals surface area contributed by atoms with E-state index in [-0.39, 0.29) is 17.4 Å². The maximum atomic E-state index is 12.5. The van der Waals surface area contributed by atoms with Gasteiger partial charge in [0.2, 0.25) is 0 Å². The number of ether oxygens (including phenoxy) is 1. The van der Waals surface area contributed by atoms with Crippen molar-refractivity contribution in [3.05, 3.63) is 69.7 Å². The Kier molecular flexibility index (Phi) is 7.15. The number of hydrogen-bond donors (Lipinski definition) is 2. The molecule has 0 spiro atoms. The summed E-state index contributed by atoms with van der Waals surface area (Å²) in [6, 6.07) is 15.9. The normalized spacial score (nSPS) is 12.0. The highest BCUT2D eigenvalue weighted by molar-refractivity contribution is 9.10. The first kappa shape index (κ1) is 20.2. The number of carboxylic acids is 1. The lowest BCUT2D eigenvalue weighted by molar-refractivity contribution is -0.139. The number of benzene rings is 2. The van der Waals surface area contributed by atoms with Gasteiger partial charge in [-0.15, -0.1) is 0 Å². The standard InChI is InChI=1S/C20H17BrN2O4/c1-13(14-5-3-2-4-6-14)23-20(26)16(11-22)9-15-10-17(21)7-8-18(15)27-12-19(24)25/h2-10,13H,12H2,1H3,(H,23,26)(H,24,25)/b16-9-/t13-/m1/s1. The van der Waals surface area contributed by atoms with Crippen molar-refractivity contribution in [2.75, 3.05) is 6.61 Å². The van der Waals surface area contributed by atoms with E-state index in [4.69, 9.17) is 9.84 Å². The van der Waals surface area contributed by atoms with Crippen molar-refractivity contribution in [2.24, 2.45) is 0 Å². The lowest BCUT2D eigenvalue weighted by Crippen LogP contribution is -2.27. The number of carbonyl (C=O) groups excluding carboxylic acids is 1. The van der Waals surface area contributed by atoms with Crippen molar-refractivity contribution in [3.8, 4) is 11.8 Å². The molecule has 2 rings (SSSR count). The van der Waals surface area contributed by atoms with Crippen molar-refractivity contribution in [3.63, 3.8) is 0 Å². The second-order valence-electron chi connectivity index (χ2n) is 5.64. The highest BCUT2D eigenvalue weighted by Gasteiger charge is 2.15. The van der Waals surface area contributed by atoms with E-state index in [1.165, 1.54) is 6.08 Å². The second-order valence-corrected chi connectivity index (χ2v) is 6.56. The molecule has 0 aromatic heterocycles. The molecule has 1 amide bonds. The zero-order chi connectivity index (χ0) is 19.8. The van der Waals surface area contributed by atoms with Gasteiger partial charge in [0.25, 0.3) is 5.91 Å². The Morgan fingerprint density at radius 1 is 1.30 bits per heavy atom. The Morgan fingerprint density at radius 3 is 2.63 bits per heavy atom.